The minimum Gasteiger partial charge on any atom is -0.351 e. The number of nitrogens with two attached hydrogens (primary N) is 1. The second-order valence-corrected chi connectivity index (χ2v) is 3.54. The average molecular weight is 199 g/mol. The predicted octanol–water partition coefficient (Wildman–Crippen LogP) is 0.00940. The van der Waals surface area contributed by atoms with Crippen LogP contribution in [0, 0.1) is 0 Å². The molecular weight excluding hydrogens is 182 g/mol. The van der Waals surface area contributed by atoms with Crippen LogP contribution in [0.4, 0.5) is 4.79 Å². The van der Waals surface area contributed by atoms with Crippen molar-refractivity contribution in [1.82, 2.24) is 9.80 Å². The van der Waals surface area contributed by atoms with E-state index in [1.54, 1.807) is 16.7 Å². The molecule has 5 nitrogen and oxygen atoms in total. The van der Waals surface area contributed by atoms with E-state index in [4.69, 9.17) is 5.73 Å². The van der Waals surface area contributed by atoms with Crippen molar-refractivity contribution in [3.05, 3.63) is 0 Å². The molecule has 0 aromatic heterocycles. The van der Waals surface area contributed by atoms with Crippen molar-refractivity contribution in [2.45, 2.75) is 19.8 Å². The number of rotatable bonds is 0. The van der Waals surface area contributed by atoms with Crippen molar-refractivity contribution in [2.75, 3.05) is 26.2 Å². The molecule has 80 valence electrons. The smallest absolute Gasteiger partial charge is 0.314 e. The van der Waals surface area contributed by atoms with Gasteiger partial charge in [-0.3, -0.25) is 4.79 Å². The third kappa shape index (κ3) is 2.90. The standard InChI is InChI=1S/C9H17N3O2/c1-8(13)11-4-2-3-5-12(7-6-11)9(10)14/h2-7H2,1H3,(H2,10,14). The first-order valence-corrected chi connectivity index (χ1v) is 4.91. The highest BCUT2D eigenvalue weighted by Gasteiger charge is 2.16. The van der Waals surface area contributed by atoms with E-state index >= 15 is 0 Å². The third-order valence-corrected chi connectivity index (χ3v) is 2.50. The van der Waals surface area contributed by atoms with Crippen LogP contribution >= 0.6 is 0 Å². The normalized spacial score (nSPS) is 18.6. The van der Waals surface area contributed by atoms with Gasteiger partial charge in [0.25, 0.3) is 0 Å². The molecule has 0 radical (unpaired) electrons. The molecular formula is C9H17N3O2. The molecule has 0 aromatic rings. The average Bonchev–Trinajstić information content (AvgIpc) is 2.01. The molecule has 1 saturated heterocycles. The quantitative estimate of drug-likeness (QED) is 0.597. The van der Waals surface area contributed by atoms with E-state index < -0.39 is 6.03 Å². The van der Waals surface area contributed by atoms with Gasteiger partial charge in [-0.15, -0.1) is 0 Å². The SMILES string of the molecule is CC(=O)N1CCCCN(C(N)=O)CC1. The fourth-order valence-corrected chi connectivity index (χ4v) is 1.61. The summed E-state index contributed by atoms with van der Waals surface area (Å²) >= 11 is 0. The zero-order chi connectivity index (χ0) is 10.6. The minimum atomic E-state index is -0.393. The lowest BCUT2D eigenvalue weighted by molar-refractivity contribution is -0.129. The molecule has 1 fully saturated rings. The molecule has 1 heterocycles. The highest BCUT2D eigenvalue weighted by atomic mass is 16.2. The van der Waals surface area contributed by atoms with Crippen LogP contribution in [0.5, 0.6) is 0 Å². The highest BCUT2D eigenvalue weighted by molar-refractivity contribution is 5.74. The number of hydrogen-bond acceptors (Lipinski definition) is 2. The summed E-state index contributed by atoms with van der Waals surface area (Å²) in [6.07, 6.45) is 1.84. The van der Waals surface area contributed by atoms with Crippen molar-refractivity contribution >= 4 is 11.9 Å². The minimum absolute atomic E-state index is 0.0660. The maximum absolute atomic E-state index is 11.1. The van der Waals surface area contributed by atoms with E-state index in [-0.39, 0.29) is 5.91 Å². The Morgan fingerprint density at radius 3 is 2.00 bits per heavy atom. The zero-order valence-electron chi connectivity index (χ0n) is 8.53. The molecule has 0 spiro atoms. The van der Waals surface area contributed by atoms with Gasteiger partial charge in [-0.1, -0.05) is 0 Å². The van der Waals surface area contributed by atoms with Crippen LogP contribution in [-0.2, 0) is 4.79 Å². The molecule has 14 heavy (non-hydrogen) atoms. The number of carbonyl (C=O) groups is 2. The van der Waals surface area contributed by atoms with Gasteiger partial charge in [0.2, 0.25) is 5.91 Å². The van der Waals surface area contributed by atoms with Crippen LogP contribution in [0.2, 0.25) is 0 Å². The van der Waals surface area contributed by atoms with Gasteiger partial charge >= 0.3 is 6.03 Å². The van der Waals surface area contributed by atoms with E-state index in [1.807, 2.05) is 0 Å². The predicted molar refractivity (Wildman–Crippen MR) is 52.6 cm³/mol. The van der Waals surface area contributed by atoms with Crippen LogP contribution in [0.1, 0.15) is 19.8 Å². The lowest BCUT2D eigenvalue weighted by Gasteiger charge is -2.29. The van der Waals surface area contributed by atoms with Gasteiger partial charge in [-0.25, -0.2) is 4.79 Å². The molecule has 1 aliphatic heterocycles. The first-order chi connectivity index (χ1) is 6.61. The van der Waals surface area contributed by atoms with Crippen molar-refractivity contribution in [3.63, 3.8) is 0 Å². The van der Waals surface area contributed by atoms with E-state index in [9.17, 15) is 9.59 Å². The second-order valence-electron chi connectivity index (χ2n) is 3.54. The Hall–Kier alpha value is -1.26. The monoisotopic (exact) mass is 199 g/mol. The summed E-state index contributed by atoms with van der Waals surface area (Å²) in [7, 11) is 0. The molecule has 0 saturated carbocycles. The molecule has 0 aliphatic carbocycles. The van der Waals surface area contributed by atoms with E-state index in [2.05, 4.69) is 0 Å². The number of hydrogen-bond donors (Lipinski definition) is 1. The first-order valence-electron chi connectivity index (χ1n) is 4.91. The van der Waals surface area contributed by atoms with Crippen LogP contribution in [0.25, 0.3) is 0 Å². The fraction of sp³-hybridized carbons (Fsp3) is 0.778. The van der Waals surface area contributed by atoms with Gasteiger partial charge < -0.3 is 15.5 Å². The Morgan fingerprint density at radius 2 is 1.50 bits per heavy atom. The van der Waals surface area contributed by atoms with Crippen LogP contribution < -0.4 is 5.73 Å². The summed E-state index contributed by atoms with van der Waals surface area (Å²) in [4.78, 5) is 25.4. The molecule has 0 bridgehead atoms. The molecule has 1 aliphatic rings. The number of primary amides is 1. The summed E-state index contributed by atoms with van der Waals surface area (Å²) in [5.41, 5.74) is 5.19. The lowest BCUT2D eigenvalue weighted by atomic mass is 10.2. The lowest BCUT2D eigenvalue weighted by Crippen LogP contribution is -2.45. The van der Waals surface area contributed by atoms with E-state index in [0.29, 0.717) is 19.6 Å². The Labute approximate surface area is 83.8 Å². The summed E-state index contributed by atoms with van der Waals surface area (Å²) < 4.78 is 0. The van der Waals surface area contributed by atoms with Crippen molar-refractivity contribution in [1.29, 1.82) is 0 Å². The summed E-state index contributed by atoms with van der Waals surface area (Å²) in [5.74, 6) is 0.0660. The zero-order valence-corrected chi connectivity index (χ0v) is 8.53. The largest absolute Gasteiger partial charge is 0.351 e. The number of urea groups is 1. The van der Waals surface area contributed by atoms with E-state index in [1.165, 1.54) is 0 Å². The van der Waals surface area contributed by atoms with Crippen molar-refractivity contribution in [2.24, 2.45) is 5.73 Å². The maximum atomic E-state index is 11.1. The van der Waals surface area contributed by atoms with Crippen LogP contribution in [-0.4, -0.2) is 47.9 Å². The molecule has 2 N–H and O–H groups in total. The fourth-order valence-electron chi connectivity index (χ4n) is 1.61. The van der Waals surface area contributed by atoms with Crippen LogP contribution in [0.3, 0.4) is 0 Å². The summed E-state index contributed by atoms with van der Waals surface area (Å²) in [6.45, 7) is 4.20. The van der Waals surface area contributed by atoms with Gasteiger partial charge in [0.05, 0.1) is 0 Å². The van der Waals surface area contributed by atoms with Crippen molar-refractivity contribution < 1.29 is 9.59 Å². The molecule has 0 aromatic carbocycles. The molecule has 0 atom stereocenters. The Balaban J connectivity index is 2.50. The molecule has 1 rings (SSSR count). The van der Waals surface area contributed by atoms with Gasteiger partial charge in [-0.05, 0) is 12.8 Å². The Kier molecular flexibility index (Phi) is 3.73. The van der Waals surface area contributed by atoms with E-state index in [0.717, 1.165) is 19.4 Å². The first kappa shape index (κ1) is 10.8. The Morgan fingerprint density at radius 1 is 1.00 bits per heavy atom. The summed E-state index contributed by atoms with van der Waals surface area (Å²) in [5, 5.41) is 0. The maximum Gasteiger partial charge on any atom is 0.314 e. The van der Waals surface area contributed by atoms with Gasteiger partial charge in [0.15, 0.2) is 0 Å². The molecule has 3 amide bonds. The van der Waals surface area contributed by atoms with Crippen LogP contribution in [0.15, 0.2) is 0 Å². The highest BCUT2D eigenvalue weighted by Crippen LogP contribution is 2.04. The molecule has 0 unspecified atom stereocenters. The summed E-state index contributed by atoms with van der Waals surface area (Å²) in [6, 6.07) is -0.393. The van der Waals surface area contributed by atoms with Gasteiger partial charge in [0.1, 0.15) is 0 Å². The van der Waals surface area contributed by atoms with Gasteiger partial charge in [-0.2, -0.15) is 0 Å². The third-order valence-electron chi connectivity index (χ3n) is 2.50. The topological polar surface area (TPSA) is 66.6 Å². The Bertz CT molecular complexity index is 206. The number of nitrogens with zero attached hydrogens (tertiary/aromatic N) is 2. The second kappa shape index (κ2) is 4.83. The molecule has 5 heteroatoms. The number of carbonyl (C=O) groups excluding carboxylic acids is 2. The van der Waals surface area contributed by atoms with Gasteiger partial charge in [0, 0.05) is 33.1 Å². The number of amides is 3. The van der Waals surface area contributed by atoms with Crippen molar-refractivity contribution in [3.8, 4) is 0 Å².